The van der Waals surface area contributed by atoms with Gasteiger partial charge in [0.05, 0.1) is 19.8 Å². The lowest BCUT2D eigenvalue weighted by Gasteiger charge is -2.51. The number of carbonyl (C=O) groups is 5. The number of aliphatic hydroxyl groups is 1. The van der Waals surface area contributed by atoms with Crippen molar-refractivity contribution in [3.8, 4) is 0 Å². The molecule has 0 saturated carbocycles. The van der Waals surface area contributed by atoms with Gasteiger partial charge in [-0.05, 0) is 0 Å². The SMILES string of the molecule is CC(=O)N[C@H]1[C@@H](O[C@H]2[C@H](OS(=O)(=O)O)[C@@H](OS(=O)(=O)O)[C@H](O[C@H]3[C@H](OS(=O)(=O)O)[C@@H](NC(C)=O)C(O)O[C@@H]3COS(=O)(=O)O)O[C@@H]2C(=O)O)O[C@H](COS(=O)(=O)O)[C@@H](O[C@@H]2O[C@H](C(=O)O)[C@@H](O[C@H]3O[C@H](COS(=O)(=O)O)[C@@H](OS(=O)(=O)O)[C@H](OS(=O)(=O)O)[C@H]3NC(C)=O)[C@H](OS(=O)(=O)O)[C@H]2OS(=O)(=O)O)[C@@H]1OS(=O)(=O)O. The fraction of sp³-hybridized carbons (Fsp3) is 0.861. The quantitative estimate of drug-likeness (QED) is 0.0255. The van der Waals surface area contributed by atoms with Crippen molar-refractivity contribution in [2.45, 2.75) is 174 Å². The van der Waals surface area contributed by atoms with Crippen LogP contribution < -0.4 is 16.0 Å². The van der Waals surface area contributed by atoms with Crippen LogP contribution >= 0.6 is 0 Å². The number of aliphatic hydroxyl groups excluding tert-OH is 1. The lowest BCUT2D eigenvalue weighted by molar-refractivity contribution is -0.369. The van der Waals surface area contributed by atoms with Crippen LogP contribution in [0.25, 0.3) is 0 Å². The minimum atomic E-state index is -6.66. The van der Waals surface area contributed by atoms with Crippen molar-refractivity contribution in [1.29, 1.82) is 0 Å². The minimum Gasteiger partial charge on any atom is -0.479 e. The Labute approximate surface area is 621 Å². The molecule has 3 amide bonds. The summed E-state index contributed by atoms with van der Waals surface area (Å²) in [5.41, 5.74) is 0. The third-order valence-electron chi connectivity index (χ3n) is 13.7. The van der Waals surface area contributed by atoms with E-state index in [1.54, 1.807) is 16.0 Å². The number of hydrogen-bond donors (Lipinski definition) is 17. The lowest BCUT2D eigenvalue weighted by Crippen LogP contribution is -2.72. The largest absolute Gasteiger partial charge is 0.479 e. The number of carboxylic acid groups (broad SMARTS) is 2. The van der Waals surface area contributed by atoms with Crippen molar-refractivity contribution in [2.75, 3.05) is 19.8 Å². The Bertz CT molecular complexity index is 4720. The van der Waals surface area contributed by atoms with E-state index in [4.69, 9.17) is 42.6 Å². The van der Waals surface area contributed by atoms with Crippen LogP contribution in [0.4, 0.5) is 0 Å². The monoisotopic (exact) mass is 1860 g/mol. The Morgan fingerprint density at radius 1 is 0.279 bits per heavy atom. The number of ether oxygens (including phenoxy) is 9. The molecular weight excluding hydrogens is 1800 g/mol. The molecule has 5 aliphatic rings. The molecule has 5 heterocycles. The molecule has 17 N–H and O–H groups in total. The molecule has 5 saturated heterocycles. The van der Waals surface area contributed by atoms with Gasteiger partial charge in [0.1, 0.15) is 97.5 Å². The maximum absolute atomic E-state index is 13.5. The summed E-state index contributed by atoms with van der Waals surface area (Å²) in [5, 5.41) is 37.3. The van der Waals surface area contributed by atoms with Crippen LogP contribution in [0.5, 0.6) is 0 Å². The van der Waals surface area contributed by atoms with Gasteiger partial charge in [-0.2, -0.15) is 92.6 Å². The van der Waals surface area contributed by atoms with Crippen molar-refractivity contribution in [1.82, 2.24) is 16.0 Å². The maximum Gasteiger partial charge on any atom is 0.397 e. The van der Waals surface area contributed by atoms with E-state index in [1.807, 2.05) is 0 Å². The van der Waals surface area contributed by atoms with E-state index in [9.17, 15) is 182 Å². The highest BCUT2D eigenvalue weighted by Crippen LogP contribution is 2.42. The second-order valence-corrected chi connectivity index (χ2v) is 33.5. The van der Waals surface area contributed by atoms with Crippen LogP contribution in [0.2, 0.25) is 0 Å². The molecule has 5 rings (SSSR count). The summed E-state index contributed by atoms with van der Waals surface area (Å²) in [6.45, 7) is -4.83. The Balaban J connectivity index is 1.82. The molecule has 64 nitrogen and oxygen atoms in total. The van der Waals surface area contributed by atoms with Gasteiger partial charge in [0, 0.05) is 20.8 Å². The molecule has 5 aliphatic heterocycles. The third-order valence-corrected chi connectivity index (χ3v) is 18.7. The van der Waals surface area contributed by atoms with E-state index in [1.165, 1.54) is 0 Å². The molecule has 0 aromatic rings. The Morgan fingerprint density at radius 2 is 0.505 bits per heavy atom. The molecule has 0 spiro atoms. The minimum absolute atomic E-state index is 0.332. The van der Waals surface area contributed by atoms with Crippen LogP contribution in [0.3, 0.4) is 0 Å². The smallest absolute Gasteiger partial charge is 0.397 e. The van der Waals surface area contributed by atoms with Crippen LogP contribution in [0.1, 0.15) is 20.8 Å². The van der Waals surface area contributed by atoms with Gasteiger partial charge in [-0.1, -0.05) is 0 Å². The van der Waals surface area contributed by atoms with Gasteiger partial charge in [0.15, 0.2) is 55.9 Å². The molecule has 25 atom stereocenters. The van der Waals surface area contributed by atoms with E-state index in [-0.39, 0.29) is 0 Å². The van der Waals surface area contributed by atoms with Crippen LogP contribution in [0, 0.1) is 0 Å². The van der Waals surface area contributed by atoms with E-state index < -0.39 is 317 Å². The Hall–Kier alpha value is -4.48. The predicted octanol–water partition coefficient (Wildman–Crippen LogP) is -13.2. The van der Waals surface area contributed by atoms with Gasteiger partial charge >= 0.3 is 126 Å². The van der Waals surface area contributed by atoms with Crippen molar-refractivity contribution in [3.05, 3.63) is 0 Å². The van der Waals surface area contributed by atoms with Gasteiger partial charge in [0.25, 0.3) is 0 Å². The van der Waals surface area contributed by atoms with E-state index in [2.05, 4.69) is 46.0 Å². The van der Waals surface area contributed by atoms with Gasteiger partial charge < -0.3 is 73.9 Å². The highest BCUT2D eigenvalue weighted by molar-refractivity contribution is 7.83. The number of carboxylic acids is 2. The highest BCUT2D eigenvalue weighted by Gasteiger charge is 2.64. The second-order valence-electron chi connectivity index (χ2n) is 21.8. The van der Waals surface area contributed by atoms with Crippen LogP contribution in [-0.2, 0) is 227 Å². The summed E-state index contributed by atoms with van der Waals surface area (Å²) >= 11 is 0. The van der Waals surface area contributed by atoms with E-state index in [0.717, 1.165) is 0 Å². The lowest BCUT2D eigenvalue weighted by atomic mass is 9.93. The van der Waals surface area contributed by atoms with E-state index >= 15 is 0 Å². The first-order valence-electron chi connectivity index (χ1n) is 27.8. The summed E-state index contributed by atoms with van der Waals surface area (Å²) in [7, 11) is -69.5. The summed E-state index contributed by atoms with van der Waals surface area (Å²) in [4.78, 5) is 65.2. The topological polar surface area (TPSA) is 965 Å². The maximum atomic E-state index is 13.5. The molecule has 648 valence electrons. The number of aliphatic carboxylic acids is 2. The third kappa shape index (κ3) is 31.5. The number of carbonyl (C=O) groups excluding carboxylic acids is 3. The predicted molar refractivity (Wildman–Crippen MR) is 317 cm³/mol. The number of rotatable bonds is 38. The molecule has 0 aromatic heterocycles. The Kier molecular flexibility index (Phi) is 32.0. The number of amides is 3. The van der Waals surface area contributed by atoms with Gasteiger partial charge in [0.2, 0.25) is 17.7 Å². The standard InChI is InChI=1S/C36H57N3O61S11/c1-7(40)37-13-19(94-105(60,61)62)16(10(84-32(13)47)4-81-101(48,49)50)87-35-28(99-110(75,76)77)24(97-108(69,70)71)22(26(91-35)30(43)44)89-33-14(38-8(2)41)20(95-106(63,64)65)17(11(85-33)5-82-102(51,52)53)88-36-29(100-111(78,79)80)25(98-109(72,73)74)23(27(92-36)31(45)46)90-34-15(39-9(3)42)21(96-107(66,67)68)18(93-104(57,58)59)12(86-34)6-83-103(54,55)56/h10-29,32-36,47H,4-6H2,1-3H3,(H,37,40)(H,38,41)(H,39,42)(H,43,44)(H,45,46)(H,48,49,50)(H,51,52,53)(H,54,55,56)(H,57,58,59)(H,60,61,62)(H,63,64,65)(H,66,67,68)(H,69,70,71)(H,72,73,74)(H,75,76,77)(H,78,79,80)/t10-,11-,12-,13-,14-,15-,16-,17-,18-,19-,20-,21-,22+,23+,24+,25+,26+,27+,28-,29-,32?,33-,34-,35-,36-/m1/s1. The summed E-state index contributed by atoms with van der Waals surface area (Å²) in [6.07, 6.45) is -74.6. The molecule has 75 heteroatoms. The van der Waals surface area contributed by atoms with E-state index in [0.29, 0.717) is 20.8 Å². The molecule has 1 unspecified atom stereocenters. The van der Waals surface area contributed by atoms with Gasteiger partial charge in [-0.25, -0.2) is 55.6 Å². The fourth-order valence-electron chi connectivity index (χ4n) is 10.5. The fourth-order valence-corrected chi connectivity index (χ4v) is 15.4. The molecule has 111 heavy (non-hydrogen) atoms. The summed E-state index contributed by atoms with van der Waals surface area (Å²) < 4.78 is 478. The highest BCUT2D eigenvalue weighted by atomic mass is 32.3. The van der Waals surface area contributed by atoms with Crippen LogP contribution in [-0.4, -0.2) is 361 Å². The Morgan fingerprint density at radius 3 is 0.775 bits per heavy atom. The first-order chi connectivity index (χ1) is 49.9. The zero-order valence-electron chi connectivity index (χ0n) is 53.5. The molecule has 0 radical (unpaired) electrons. The molecular formula is C36H57N3O61S11. The first-order valence-corrected chi connectivity index (χ1v) is 42.8. The molecule has 0 bridgehead atoms. The number of nitrogens with one attached hydrogen (secondary N) is 3. The zero-order valence-corrected chi connectivity index (χ0v) is 62.5. The van der Waals surface area contributed by atoms with Crippen molar-refractivity contribution in [3.63, 3.8) is 0 Å². The van der Waals surface area contributed by atoms with Gasteiger partial charge in [-0.15, -0.1) is 0 Å². The van der Waals surface area contributed by atoms with Crippen molar-refractivity contribution in [2.24, 2.45) is 0 Å². The second kappa shape index (κ2) is 36.6. The summed E-state index contributed by atoms with van der Waals surface area (Å²) in [6, 6.07) is -8.79. The van der Waals surface area contributed by atoms with Crippen molar-refractivity contribution >= 4 is 144 Å². The van der Waals surface area contributed by atoms with Crippen LogP contribution in [0.15, 0.2) is 0 Å². The van der Waals surface area contributed by atoms with Crippen molar-refractivity contribution < 1.29 is 271 Å². The first kappa shape index (κ1) is 97.1. The normalized spacial score (nSPS) is 34.1. The van der Waals surface area contributed by atoms with Gasteiger partial charge in [-0.3, -0.25) is 64.5 Å². The molecule has 5 fully saturated rings. The number of hydrogen-bond acceptors (Lipinski definition) is 48. The average Bonchev–Trinajstić information content (AvgIpc) is 0.751. The summed E-state index contributed by atoms with van der Waals surface area (Å²) in [5.74, 6) is -10.3. The molecule has 0 aromatic carbocycles. The molecule has 0 aliphatic carbocycles. The average molecular weight is 1860 g/mol. The zero-order chi connectivity index (χ0) is 85.2.